The number of likely N-dealkylation sites (tertiary alicyclic amines) is 1. The number of hydrogen-bond acceptors (Lipinski definition) is 4. The molecule has 1 aliphatic heterocycles. The van der Waals surface area contributed by atoms with Gasteiger partial charge >= 0.3 is 0 Å². The van der Waals surface area contributed by atoms with E-state index in [4.69, 9.17) is 15.1 Å². The molecule has 5 rings (SSSR count). The molecule has 2 atom stereocenters. The molecule has 2 saturated carbocycles. The Bertz CT molecular complexity index is 823. The summed E-state index contributed by atoms with van der Waals surface area (Å²) in [5.41, 5.74) is 7.22. The normalized spacial score (nSPS) is 30.3. The van der Waals surface area contributed by atoms with Gasteiger partial charge in [-0.15, -0.1) is 0 Å². The number of para-hydroxylation sites is 1. The van der Waals surface area contributed by atoms with Crippen molar-refractivity contribution in [2.75, 3.05) is 6.54 Å². The van der Waals surface area contributed by atoms with Crippen molar-refractivity contribution >= 4 is 17.0 Å². The number of primary amides is 1. The summed E-state index contributed by atoms with van der Waals surface area (Å²) < 4.78 is 6.22. The van der Waals surface area contributed by atoms with Crippen molar-refractivity contribution < 1.29 is 9.21 Å². The second-order valence-electron chi connectivity index (χ2n) is 8.12. The Morgan fingerprint density at radius 3 is 2.84 bits per heavy atom. The smallest absolute Gasteiger partial charge is 0.251 e. The van der Waals surface area contributed by atoms with Gasteiger partial charge in [0, 0.05) is 12.6 Å². The Kier molecular flexibility index (Phi) is 3.42. The number of carbonyl (C=O) groups is 1. The van der Waals surface area contributed by atoms with Gasteiger partial charge in [-0.25, -0.2) is 4.98 Å². The second kappa shape index (κ2) is 5.56. The number of piperidine rings is 1. The van der Waals surface area contributed by atoms with E-state index >= 15 is 0 Å². The lowest BCUT2D eigenvalue weighted by Gasteiger charge is -2.43. The molecule has 132 valence electrons. The second-order valence-corrected chi connectivity index (χ2v) is 8.12. The van der Waals surface area contributed by atoms with E-state index < -0.39 is 5.91 Å². The van der Waals surface area contributed by atoms with Crippen LogP contribution in [-0.2, 0) is 5.54 Å². The fourth-order valence-corrected chi connectivity index (χ4v) is 5.55. The van der Waals surface area contributed by atoms with E-state index in [1.807, 2.05) is 12.1 Å². The minimum atomic E-state index is -0.442. The highest BCUT2D eigenvalue weighted by molar-refractivity contribution is 6.03. The summed E-state index contributed by atoms with van der Waals surface area (Å²) >= 11 is 0. The molecule has 5 heteroatoms. The van der Waals surface area contributed by atoms with Gasteiger partial charge in [-0.2, -0.15) is 0 Å². The fourth-order valence-electron chi connectivity index (χ4n) is 5.55. The van der Waals surface area contributed by atoms with Gasteiger partial charge in [-0.05, 0) is 50.2 Å². The summed E-state index contributed by atoms with van der Waals surface area (Å²) in [6.45, 7) is 1.17. The van der Waals surface area contributed by atoms with Crippen LogP contribution in [0.15, 0.2) is 22.6 Å². The van der Waals surface area contributed by atoms with Gasteiger partial charge in [0.2, 0.25) is 5.89 Å². The standard InChI is InChI=1S/C20H25N3O2/c21-18(24)15-7-4-8-16-17(15)22-19(25-16)20-10-9-13(11-20)12-23(20)14-5-2-1-3-6-14/h4,7-8,13-14H,1-3,5-6,9-12H2,(H2,21,24)/t13-,20+/m0/s1. The molecule has 1 amide bonds. The maximum Gasteiger partial charge on any atom is 0.251 e. The third-order valence-corrected chi connectivity index (χ3v) is 6.70. The summed E-state index contributed by atoms with van der Waals surface area (Å²) in [5, 5.41) is 0. The predicted octanol–water partition coefficient (Wildman–Crippen LogP) is 3.57. The molecule has 1 saturated heterocycles. The van der Waals surface area contributed by atoms with Crippen LogP contribution in [0.4, 0.5) is 0 Å². The lowest BCUT2D eigenvalue weighted by molar-refractivity contribution is 0.0279. The van der Waals surface area contributed by atoms with Crippen molar-refractivity contribution in [3.63, 3.8) is 0 Å². The first-order chi connectivity index (χ1) is 12.2. The lowest BCUT2D eigenvalue weighted by Crippen LogP contribution is -2.49. The predicted molar refractivity (Wildman–Crippen MR) is 95.1 cm³/mol. The molecule has 5 nitrogen and oxygen atoms in total. The quantitative estimate of drug-likeness (QED) is 0.928. The highest BCUT2D eigenvalue weighted by atomic mass is 16.4. The van der Waals surface area contributed by atoms with Gasteiger partial charge in [0.25, 0.3) is 5.91 Å². The maximum atomic E-state index is 11.7. The van der Waals surface area contributed by atoms with E-state index in [2.05, 4.69) is 4.90 Å². The van der Waals surface area contributed by atoms with Crippen molar-refractivity contribution in [1.29, 1.82) is 0 Å². The van der Waals surface area contributed by atoms with Crippen molar-refractivity contribution in [1.82, 2.24) is 9.88 Å². The van der Waals surface area contributed by atoms with E-state index in [0.29, 0.717) is 22.7 Å². The molecule has 0 radical (unpaired) electrons. The topological polar surface area (TPSA) is 72.4 Å². The first kappa shape index (κ1) is 15.4. The summed E-state index contributed by atoms with van der Waals surface area (Å²) in [4.78, 5) is 19.3. The summed E-state index contributed by atoms with van der Waals surface area (Å²) in [6, 6.07) is 6.10. The third-order valence-electron chi connectivity index (χ3n) is 6.70. The van der Waals surface area contributed by atoms with Crippen LogP contribution in [0.2, 0.25) is 0 Å². The molecule has 0 spiro atoms. The third kappa shape index (κ3) is 2.25. The first-order valence-electron chi connectivity index (χ1n) is 9.64. The van der Waals surface area contributed by atoms with E-state index in [1.54, 1.807) is 6.07 Å². The van der Waals surface area contributed by atoms with E-state index in [-0.39, 0.29) is 5.54 Å². The summed E-state index contributed by atoms with van der Waals surface area (Å²) in [6.07, 6.45) is 10.1. The van der Waals surface area contributed by atoms with Gasteiger partial charge in [0.1, 0.15) is 5.52 Å². The molecule has 2 aliphatic carbocycles. The van der Waals surface area contributed by atoms with Crippen LogP contribution in [0.3, 0.4) is 0 Å². The zero-order valence-corrected chi connectivity index (χ0v) is 14.5. The van der Waals surface area contributed by atoms with Gasteiger partial charge in [-0.3, -0.25) is 9.69 Å². The molecule has 0 unspecified atom stereocenters. The number of carbonyl (C=O) groups excluding carboxylic acids is 1. The summed E-state index contributed by atoms with van der Waals surface area (Å²) in [5.74, 6) is 1.12. The SMILES string of the molecule is NC(=O)c1cccc2oc([C@]34CC[C@H](CN3C3CCCCC3)C4)nc12. The number of amides is 1. The van der Waals surface area contributed by atoms with Crippen LogP contribution in [0.25, 0.3) is 11.1 Å². The van der Waals surface area contributed by atoms with Crippen LogP contribution in [0.5, 0.6) is 0 Å². The molecule has 2 N–H and O–H groups in total. The highest BCUT2D eigenvalue weighted by Crippen LogP contribution is 2.55. The van der Waals surface area contributed by atoms with Crippen molar-refractivity contribution in [2.24, 2.45) is 11.7 Å². The number of aromatic nitrogens is 1. The van der Waals surface area contributed by atoms with E-state index in [9.17, 15) is 4.79 Å². The fraction of sp³-hybridized carbons (Fsp3) is 0.600. The van der Waals surface area contributed by atoms with E-state index in [0.717, 1.165) is 24.7 Å². The molecule has 3 fully saturated rings. The average molecular weight is 339 g/mol. The van der Waals surface area contributed by atoms with Crippen LogP contribution >= 0.6 is 0 Å². The van der Waals surface area contributed by atoms with Gasteiger partial charge < -0.3 is 10.2 Å². The van der Waals surface area contributed by atoms with Crippen LogP contribution in [-0.4, -0.2) is 28.4 Å². The Labute approximate surface area is 147 Å². The number of hydrogen-bond donors (Lipinski definition) is 1. The van der Waals surface area contributed by atoms with Crippen molar-refractivity contribution in [2.45, 2.75) is 62.9 Å². The van der Waals surface area contributed by atoms with Crippen LogP contribution in [0, 0.1) is 5.92 Å². The minimum Gasteiger partial charge on any atom is -0.439 e. The highest BCUT2D eigenvalue weighted by Gasteiger charge is 2.56. The molecular weight excluding hydrogens is 314 g/mol. The maximum absolute atomic E-state index is 11.7. The van der Waals surface area contributed by atoms with Gasteiger partial charge in [0.05, 0.1) is 11.1 Å². The number of nitrogens with two attached hydrogens (primary N) is 1. The molecule has 3 aliphatic rings. The molecule has 2 bridgehead atoms. The summed E-state index contributed by atoms with van der Waals surface area (Å²) in [7, 11) is 0. The molecule has 1 aromatic heterocycles. The number of nitrogens with zero attached hydrogens (tertiary/aromatic N) is 2. The lowest BCUT2D eigenvalue weighted by atomic mass is 9.88. The molecule has 2 heterocycles. The van der Waals surface area contributed by atoms with Crippen LogP contribution in [0.1, 0.15) is 67.6 Å². The zero-order valence-electron chi connectivity index (χ0n) is 14.5. The average Bonchev–Trinajstić information content (AvgIpc) is 3.34. The first-order valence-corrected chi connectivity index (χ1v) is 9.64. The molecule has 25 heavy (non-hydrogen) atoms. The minimum absolute atomic E-state index is 0.0688. The Morgan fingerprint density at radius 2 is 2.08 bits per heavy atom. The molecule has 2 aromatic rings. The Balaban J connectivity index is 1.59. The Morgan fingerprint density at radius 1 is 1.24 bits per heavy atom. The van der Waals surface area contributed by atoms with Crippen molar-refractivity contribution in [3.8, 4) is 0 Å². The number of benzene rings is 1. The van der Waals surface area contributed by atoms with Crippen LogP contribution < -0.4 is 5.73 Å². The van der Waals surface area contributed by atoms with Gasteiger partial charge in [-0.1, -0.05) is 25.3 Å². The van der Waals surface area contributed by atoms with Crippen molar-refractivity contribution in [3.05, 3.63) is 29.7 Å². The van der Waals surface area contributed by atoms with Gasteiger partial charge in [0.15, 0.2) is 5.58 Å². The van der Waals surface area contributed by atoms with E-state index in [1.165, 1.54) is 45.1 Å². The number of rotatable bonds is 3. The molecule has 1 aromatic carbocycles. The number of oxazole rings is 1. The monoisotopic (exact) mass is 339 g/mol. The molecular formula is C20H25N3O2. The number of fused-ring (bicyclic) bond motifs is 3. The Hall–Kier alpha value is -1.88. The zero-order chi connectivity index (χ0) is 17.0. The largest absolute Gasteiger partial charge is 0.439 e.